The molecule has 1 aliphatic rings. The van der Waals surface area contributed by atoms with Crippen molar-refractivity contribution < 1.29 is 19.1 Å². The first-order valence-corrected chi connectivity index (χ1v) is 16.0. The second kappa shape index (κ2) is 14.9. The molecule has 9 nitrogen and oxygen atoms in total. The van der Waals surface area contributed by atoms with Crippen molar-refractivity contribution in [2.45, 2.75) is 57.5 Å². The van der Waals surface area contributed by atoms with Crippen molar-refractivity contribution in [1.29, 1.82) is 0 Å². The minimum absolute atomic E-state index is 0.00827. The SMILES string of the molecule is COc1ccc(C(C(=O)NCCc2ccccc2)N(C(=O)c2snc(C(=O)NC3CCCCC3)c2N)c2cccc(C)c2)cc1. The highest BCUT2D eigenvalue weighted by molar-refractivity contribution is 7.09. The maximum atomic E-state index is 14.5. The number of aromatic nitrogens is 1. The monoisotopic (exact) mass is 625 g/mol. The lowest BCUT2D eigenvalue weighted by Gasteiger charge is -2.31. The van der Waals surface area contributed by atoms with Gasteiger partial charge in [-0.15, -0.1) is 0 Å². The summed E-state index contributed by atoms with van der Waals surface area (Å²) in [6.45, 7) is 2.29. The van der Waals surface area contributed by atoms with E-state index in [9.17, 15) is 14.4 Å². The Kier molecular flexibility index (Phi) is 10.5. The number of ether oxygens (including phenoxy) is 1. The second-order valence-corrected chi connectivity index (χ2v) is 12.1. The van der Waals surface area contributed by atoms with Crippen LogP contribution in [0.2, 0.25) is 0 Å². The Labute approximate surface area is 268 Å². The van der Waals surface area contributed by atoms with Crippen LogP contribution in [0, 0.1) is 6.92 Å². The van der Waals surface area contributed by atoms with Crippen LogP contribution < -0.4 is 26.0 Å². The lowest BCUT2D eigenvalue weighted by atomic mass is 9.95. The summed E-state index contributed by atoms with van der Waals surface area (Å²) in [5.41, 5.74) is 9.61. The fourth-order valence-corrected chi connectivity index (χ4v) is 6.40. The molecule has 1 heterocycles. The van der Waals surface area contributed by atoms with E-state index in [1.54, 1.807) is 37.4 Å². The molecule has 4 aromatic rings. The number of aryl methyl sites for hydroxylation is 1. The molecule has 1 unspecified atom stereocenters. The van der Waals surface area contributed by atoms with E-state index in [1.807, 2.05) is 55.5 Å². The number of nitrogen functional groups attached to an aromatic ring is 1. The highest BCUT2D eigenvalue weighted by atomic mass is 32.1. The van der Waals surface area contributed by atoms with Crippen LogP contribution in [0.1, 0.15) is 75.0 Å². The topological polar surface area (TPSA) is 127 Å². The van der Waals surface area contributed by atoms with Crippen molar-refractivity contribution >= 4 is 40.6 Å². The number of methoxy groups -OCH3 is 1. The third kappa shape index (κ3) is 7.69. The summed E-state index contributed by atoms with van der Waals surface area (Å²) in [7, 11) is 1.57. The number of nitrogens with zero attached hydrogens (tertiary/aromatic N) is 2. The minimum atomic E-state index is -1.05. The molecule has 1 fully saturated rings. The number of carbonyl (C=O) groups is 3. The van der Waals surface area contributed by atoms with Gasteiger partial charge >= 0.3 is 0 Å². The number of rotatable bonds is 11. The summed E-state index contributed by atoms with van der Waals surface area (Å²) < 4.78 is 9.67. The van der Waals surface area contributed by atoms with Crippen LogP contribution in [0.25, 0.3) is 0 Å². The van der Waals surface area contributed by atoms with Crippen molar-refractivity contribution in [2.75, 3.05) is 24.3 Å². The summed E-state index contributed by atoms with van der Waals surface area (Å²) in [5.74, 6) is -0.645. The van der Waals surface area contributed by atoms with E-state index in [1.165, 1.54) is 4.90 Å². The van der Waals surface area contributed by atoms with Crippen LogP contribution in [-0.4, -0.2) is 41.8 Å². The number of hydrogen-bond acceptors (Lipinski definition) is 7. The first kappa shape index (κ1) is 31.7. The molecular weight excluding hydrogens is 586 g/mol. The zero-order valence-corrected chi connectivity index (χ0v) is 26.4. The average molecular weight is 626 g/mol. The normalized spacial score (nSPS) is 13.9. The van der Waals surface area contributed by atoms with Crippen LogP contribution in [0.15, 0.2) is 78.9 Å². The second-order valence-electron chi connectivity index (χ2n) is 11.3. The molecule has 0 aliphatic heterocycles. The lowest BCUT2D eigenvalue weighted by molar-refractivity contribution is -0.122. The van der Waals surface area contributed by atoms with Gasteiger partial charge in [-0.2, -0.15) is 4.37 Å². The number of benzene rings is 3. The molecule has 0 radical (unpaired) electrons. The Hall–Kier alpha value is -4.70. The molecule has 10 heteroatoms. The van der Waals surface area contributed by atoms with Gasteiger partial charge in [-0.05, 0) is 78.7 Å². The number of nitrogens with one attached hydrogen (secondary N) is 2. The molecule has 5 rings (SSSR count). The van der Waals surface area contributed by atoms with Gasteiger partial charge in [0.2, 0.25) is 5.91 Å². The fourth-order valence-electron chi connectivity index (χ4n) is 5.66. The highest BCUT2D eigenvalue weighted by Crippen LogP contribution is 2.34. The standard InChI is InChI=1S/C35H39N5O4S/c1-23-10-9-15-27(22-23)40(35(43)32-29(36)30(39-45-32)33(41)38-26-13-7-4-8-14-26)31(25-16-18-28(44-2)19-17-25)34(42)37-21-20-24-11-5-3-6-12-24/h3,5-6,9-12,15-19,22,26,31H,4,7-8,13-14,20-21,36H2,1-2H3,(H,37,42)(H,38,41). The van der Waals surface area contributed by atoms with E-state index in [-0.39, 0.29) is 34.1 Å². The van der Waals surface area contributed by atoms with E-state index in [2.05, 4.69) is 15.0 Å². The Bertz CT molecular complexity index is 1620. The quantitative estimate of drug-likeness (QED) is 0.192. The maximum absolute atomic E-state index is 14.5. The fraction of sp³-hybridized carbons (Fsp3) is 0.314. The summed E-state index contributed by atoms with van der Waals surface area (Å²) >= 11 is 0.869. The van der Waals surface area contributed by atoms with E-state index in [0.717, 1.165) is 54.8 Å². The lowest BCUT2D eigenvalue weighted by Crippen LogP contribution is -2.44. The Balaban J connectivity index is 1.50. The van der Waals surface area contributed by atoms with Crippen LogP contribution in [0.4, 0.5) is 11.4 Å². The van der Waals surface area contributed by atoms with Crippen molar-refractivity contribution in [3.05, 3.63) is 106 Å². The zero-order chi connectivity index (χ0) is 31.8. The summed E-state index contributed by atoms with van der Waals surface area (Å²) in [4.78, 5) is 43.3. The van der Waals surface area contributed by atoms with Gasteiger partial charge in [0.05, 0.1) is 12.8 Å². The molecule has 1 aromatic heterocycles. The van der Waals surface area contributed by atoms with Gasteiger partial charge in [0, 0.05) is 18.3 Å². The van der Waals surface area contributed by atoms with Gasteiger partial charge in [-0.25, -0.2) is 0 Å². The van der Waals surface area contributed by atoms with Crippen molar-refractivity contribution in [3.63, 3.8) is 0 Å². The van der Waals surface area contributed by atoms with Gasteiger partial charge in [-0.3, -0.25) is 19.3 Å². The number of hydrogen-bond donors (Lipinski definition) is 3. The number of amides is 3. The van der Waals surface area contributed by atoms with E-state index in [0.29, 0.717) is 30.0 Å². The molecule has 0 spiro atoms. The van der Waals surface area contributed by atoms with Crippen LogP contribution in [-0.2, 0) is 11.2 Å². The predicted molar refractivity (Wildman–Crippen MR) is 178 cm³/mol. The summed E-state index contributed by atoms with van der Waals surface area (Å²) in [5, 5.41) is 6.08. The van der Waals surface area contributed by atoms with E-state index >= 15 is 0 Å². The Morgan fingerprint density at radius 3 is 2.42 bits per heavy atom. The van der Waals surface area contributed by atoms with E-state index in [4.69, 9.17) is 10.5 Å². The summed E-state index contributed by atoms with van der Waals surface area (Å²) in [6.07, 6.45) is 5.73. The minimum Gasteiger partial charge on any atom is -0.497 e. The van der Waals surface area contributed by atoms with Crippen LogP contribution in [0.5, 0.6) is 5.75 Å². The Morgan fingerprint density at radius 2 is 1.73 bits per heavy atom. The van der Waals surface area contributed by atoms with Crippen molar-refractivity contribution in [2.24, 2.45) is 0 Å². The molecular formula is C35H39N5O4S. The molecule has 0 bridgehead atoms. The van der Waals surface area contributed by atoms with Gasteiger partial charge in [0.25, 0.3) is 11.8 Å². The number of anilines is 2. The van der Waals surface area contributed by atoms with Crippen molar-refractivity contribution in [3.8, 4) is 5.75 Å². The third-order valence-electron chi connectivity index (χ3n) is 8.07. The molecule has 1 saturated carbocycles. The van der Waals surface area contributed by atoms with Crippen molar-refractivity contribution in [1.82, 2.24) is 15.0 Å². The molecule has 1 aliphatic carbocycles. The van der Waals surface area contributed by atoms with Gasteiger partial charge in [0.15, 0.2) is 5.69 Å². The third-order valence-corrected chi connectivity index (χ3v) is 8.92. The molecule has 45 heavy (non-hydrogen) atoms. The maximum Gasteiger partial charge on any atom is 0.273 e. The number of carbonyl (C=O) groups excluding carboxylic acids is 3. The van der Waals surface area contributed by atoms with Gasteiger partial charge in [0.1, 0.15) is 16.7 Å². The average Bonchev–Trinajstić information content (AvgIpc) is 3.45. The first-order chi connectivity index (χ1) is 21.9. The van der Waals surface area contributed by atoms with Crippen LogP contribution >= 0.6 is 11.5 Å². The highest BCUT2D eigenvalue weighted by Gasteiger charge is 2.36. The van der Waals surface area contributed by atoms with E-state index < -0.39 is 11.9 Å². The smallest absolute Gasteiger partial charge is 0.273 e. The van der Waals surface area contributed by atoms with Gasteiger partial charge < -0.3 is 21.1 Å². The summed E-state index contributed by atoms with van der Waals surface area (Å²) in [6, 6.07) is 23.3. The molecule has 1 atom stereocenters. The molecule has 3 aromatic carbocycles. The van der Waals surface area contributed by atoms with Gasteiger partial charge in [-0.1, -0.05) is 73.9 Å². The van der Waals surface area contributed by atoms with Crippen LogP contribution in [0.3, 0.4) is 0 Å². The largest absolute Gasteiger partial charge is 0.497 e. The molecule has 0 saturated heterocycles. The Morgan fingerprint density at radius 1 is 1.00 bits per heavy atom. The molecule has 3 amide bonds. The predicted octanol–water partition coefficient (Wildman–Crippen LogP) is 5.85. The number of nitrogens with two attached hydrogens (primary N) is 1. The molecule has 4 N–H and O–H groups in total. The zero-order valence-electron chi connectivity index (χ0n) is 25.6. The molecule has 234 valence electrons. The first-order valence-electron chi connectivity index (χ1n) is 15.3.